The highest BCUT2D eigenvalue weighted by Crippen LogP contribution is 2.31. The number of hydrogen-bond acceptors (Lipinski definition) is 4. The molecule has 0 aliphatic rings. The van der Waals surface area contributed by atoms with Crippen molar-refractivity contribution in [3.05, 3.63) is 52.5 Å². The number of benzene rings is 2. The van der Waals surface area contributed by atoms with Crippen molar-refractivity contribution in [1.82, 2.24) is 5.32 Å². The second-order valence-electron chi connectivity index (χ2n) is 5.34. The molecule has 2 rings (SSSR count). The molecule has 0 heterocycles. The van der Waals surface area contributed by atoms with E-state index in [0.717, 1.165) is 11.3 Å². The molecule has 0 aliphatic carbocycles. The molecule has 25 heavy (non-hydrogen) atoms. The fraction of sp³-hybridized carbons (Fsp3) is 0.222. The standard InChI is InChI=1S/C18H18BrNO5/c1-11(21)20-16(18(22)23)10-12-3-8-17(15(19)9-12)25-14-6-4-13(24-2)5-7-14/h3-9,16H,10H2,1-2H3,(H,20,21)(H,22,23)/t16-/m0/s1. The van der Waals surface area contributed by atoms with Crippen LogP contribution in [0.4, 0.5) is 0 Å². The molecule has 7 heteroatoms. The van der Waals surface area contributed by atoms with Crippen molar-refractivity contribution in [3.63, 3.8) is 0 Å². The molecule has 0 unspecified atom stereocenters. The monoisotopic (exact) mass is 407 g/mol. The van der Waals surface area contributed by atoms with Gasteiger partial charge in [0.2, 0.25) is 5.91 Å². The van der Waals surface area contributed by atoms with Gasteiger partial charge in [0.15, 0.2) is 0 Å². The van der Waals surface area contributed by atoms with Gasteiger partial charge in [-0.25, -0.2) is 4.79 Å². The SMILES string of the molecule is COc1ccc(Oc2ccc(C[C@H](NC(C)=O)C(=O)O)cc2Br)cc1. The Labute approximate surface area is 153 Å². The fourth-order valence-electron chi connectivity index (χ4n) is 2.21. The Kier molecular flexibility index (Phi) is 6.41. The van der Waals surface area contributed by atoms with Crippen LogP contribution in [0.15, 0.2) is 46.9 Å². The van der Waals surface area contributed by atoms with Crippen molar-refractivity contribution in [1.29, 1.82) is 0 Å². The van der Waals surface area contributed by atoms with Crippen molar-refractivity contribution in [2.45, 2.75) is 19.4 Å². The molecule has 0 aliphatic heterocycles. The number of halogens is 1. The van der Waals surface area contributed by atoms with Crippen LogP contribution in [0.25, 0.3) is 0 Å². The second-order valence-corrected chi connectivity index (χ2v) is 6.19. The quantitative estimate of drug-likeness (QED) is 0.734. The Morgan fingerprint density at radius 3 is 2.32 bits per heavy atom. The average molecular weight is 408 g/mol. The largest absolute Gasteiger partial charge is 0.497 e. The van der Waals surface area contributed by atoms with Gasteiger partial charge in [-0.1, -0.05) is 6.07 Å². The second kappa shape index (κ2) is 8.53. The number of rotatable bonds is 7. The van der Waals surface area contributed by atoms with Crippen molar-refractivity contribution in [2.24, 2.45) is 0 Å². The van der Waals surface area contributed by atoms with Crippen LogP contribution in [0.3, 0.4) is 0 Å². The lowest BCUT2D eigenvalue weighted by Gasteiger charge is -2.14. The van der Waals surface area contributed by atoms with E-state index in [0.29, 0.717) is 16.0 Å². The smallest absolute Gasteiger partial charge is 0.326 e. The molecule has 6 nitrogen and oxygen atoms in total. The summed E-state index contributed by atoms with van der Waals surface area (Å²) in [6.45, 7) is 1.29. The van der Waals surface area contributed by atoms with Crippen molar-refractivity contribution < 1.29 is 24.2 Å². The molecule has 0 aromatic heterocycles. The number of carboxylic acid groups (broad SMARTS) is 1. The van der Waals surface area contributed by atoms with Gasteiger partial charge in [-0.15, -0.1) is 0 Å². The number of ether oxygens (including phenoxy) is 2. The fourth-order valence-corrected chi connectivity index (χ4v) is 2.71. The lowest BCUT2D eigenvalue weighted by molar-refractivity contribution is -0.141. The molecular weight excluding hydrogens is 390 g/mol. The summed E-state index contributed by atoms with van der Waals surface area (Å²) in [5.41, 5.74) is 0.759. The average Bonchev–Trinajstić information content (AvgIpc) is 2.57. The van der Waals surface area contributed by atoms with Crippen LogP contribution in [-0.2, 0) is 16.0 Å². The van der Waals surface area contributed by atoms with Crippen LogP contribution in [0, 0.1) is 0 Å². The summed E-state index contributed by atoms with van der Waals surface area (Å²) in [6, 6.07) is 11.5. The summed E-state index contributed by atoms with van der Waals surface area (Å²) in [7, 11) is 1.59. The predicted molar refractivity (Wildman–Crippen MR) is 96.2 cm³/mol. The topological polar surface area (TPSA) is 84.9 Å². The molecule has 1 atom stereocenters. The highest BCUT2D eigenvalue weighted by atomic mass is 79.9. The summed E-state index contributed by atoms with van der Waals surface area (Å²) in [5.74, 6) is 0.520. The van der Waals surface area contributed by atoms with Crippen LogP contribution in [-0.4, -0.2) is 30.1 Å². The first kappa shape index (κ1) is 18.8. The number of carboxylic acids is 1. The van der Waals surface area contributed by atoms with Crippen LogP contribution in [0.1, 0.15) is 12.5 Å². The minimum Gasteiger partial charge on any atom is -0.497 e. The number of nitrogens with one attached hydrogen (secondary N) is 1. The molecule has 2 aromatic carbocycles. The van der Waals surface area contributed by atoms with Gasteiger partial charge < -0.3 is 19.9 Å². The molecule has 0 spiro atoms. The predicted octanol–water partition coefficient (Wildman–Crippen LogP) is 3.38. The van der Waals surface area contributed by atoms with E-state index in [4.69, 9.17) is 9.47 Å². The first-order chi connectivity index (χ1) is 11.9. The molecule has 1 amide bonds. The van der Waals surface area contributed by atoms with Crippen LogP contribution >= 0.6 is 15.9 Å². The van der Waals surface area contributed by atoms with E-state index < -0.39 is 12.0 Å². The third kappa shape index (κ3) is 5.49. The van der Waals surface area contributed by atoms with Gasteiger partial charge in [-0.2, -0.15) is 0 Å². The maximum atomic E-state index is 11.2. The van der Waals surface area contributed by atoms with Gasteiger partial charge in [0.05, 0.1) is 11.6 Å². The highest BCUT2D eigenvalue weighted by Gasteiger charge is 2.19. The van der Waals surface area contributed by atoms with Crippen molar-refractivity contribution >= 4 is 27.8 Å². The Balaban J connectivity index is 2.10. The molecule has 0 bridgehead atoms. The molecule has 0 saturated carbocycles. The summed E-state index contributed by atoms with van der Waals surface area (Å²) in [6.07, 6.45) is 0.177. The molecule has 0 saturated heterocycles. The third-order valence-corrected chi connectivity index (χ3v) is 4.02. The van der Waals surface area contributed by atoms with E-state index in [-0.39, 0.29) is 12.3 Å². The van der Waals surface area contributed by atoms with E-state index in [1.165, 1.54) is 6.92 Å². The van der Waals surface area contributed by atoms with Crippen molar-refractivity contribution in [3.8, 4) is 17.2 Å². The Morgan fingerprint density at radius 2 is 1.80 bits per heavy atom. The highest BCUT2D eigenvalue weighted by molar-refractivity contribution is 9.10. The molecule has 0 fully saturated rings. The van der Waals surface area contributed by atoms with Crippen LogP contribution in [0.5, 0.6) is 17.2 Å². The number of carbonyl (C=O) groups excluding carboxylic acids is 1. The van der Waals surface area contributed by atoms with E-state index >= 15 is 0 Å². The summed E-state index contributed by atoms with van der Waals surface area (Å²) < 4.78 is 11.6. The van der Waals surface area contributed by atoms with Gasteiger partial charge in [-0.05, 0) is 57.9 Å². The normalized spacial score (nSPS) is 11.5. The third-order valence-electron chi connectivity index (χ3n) is 3.40. The first-order valence-corrected chi connectivity index (χ1v) is 8.28. The minimum absolute atomic E-state index is 0.177. The number of hydrogen-bond donors (Lipinski definition) is 2. The Morgan fingerprint density at radius 1 is 1.16 bits per heavy atom. The maximum Gasteiger partial charge on any atom is 0.326 e. The molecule has 2 N–H and O–H groups in total. The Hall–Kier alpha value is -2.54. The van der Waals surface area contributed by atoms with Crippen molar-refractivity contribution in [2.75, 3.05) is 7.11 Å². The number of carbonyl (C=O) groups is 2. The lowest BCUT2D eigenvalue weighted by atomic mass is 10.1. The zero-order chi connectivity index (χ0) is 18.4. The van der Waals surface area contributed by atoms with E-state index in [1.807, 2.05) is 0 Å². The molecular formula is C18H18BrNO5. The summed E-state index contributed by atoms with van der Waals surface area (Å²) >= 11 is 3.43. The van der Waals surface area contributed by atoms with Gasteiger partial charge in [0, 0.05) is 13.3 Å². The number of amides is 1. The zero-order valence-corrected chi connectivity index (χ0v) is 15.4. The zero-order valence-electron chi connectivity index (χ0n) is 13.8. The van der Waals surface area contributed by atoms with Gasteiger partial charge in [-0.3, -0.25) is 4.79 Å². The minimum atomic E-state index is -1.08. The maximum absolute atomic E-state index is 11.2. The van der Waals surface area contributed by atoms with E-state index in [2.05, 4.69) is 21.2 Å². The molecule has 0 radical (unpaired) electrons. The van der Waals surface area contributed by atoms with Gasteiger partial charge in [0.1, 0.15) is 23.3 Å². The van der Waals surface area contributed by atoms with E-state index in [1.54, 1.807) is 49.6 Å². The lowest BCUT2D eigenvalue weighted by Crippen LogP contribution is -2.41. The Bertz CT molecular complexity index is 761. The van der Waals surface area contributed by atoms with Crippen LogP contribution < -0.4 is 14.8 Å². The first-order valence-electron chi connectivity index (χ1n) is 7.49. The molecule has 2 aromatic rings. The number of methoxy groups -OCH3 is 1. The summed E-state index contributed by atoms with van der Waals surface area (Å²) in [4.78, 5) is 22.3. The van der Waals surface area contributed by atoms with Crippen LogP contribution in [0.2, 0.25) is 0 Å². The van der Waals surface area contributed by atoms with Gasteiger partial charge >= 0.3 is 5.97 Å². The van der Waals surface area contributed by atoms with Gasteiger partial charge in [0.25, 0.3) is 0 Å². The molecule has 132 valence electrons. The summed E-state index contributed by atoms with van der Waals surface area (Å²) in [5, 5.41) is 11.6. The number of aliphatic carboxylic acids is 1. The van der Waals surface area contributed by atoms with E-state index in [9.17, 15) is 14.7 Å².